The fourth-order valence-electron chi connectivity index (χ4n) is 3.77. The summed E-state index contributed by atoms with van der Waals surface area (Å²) in [6, 6.07) is 0. The third-order valence-corrected chi connectivity index (χ3v) is 5.43. The minimum absolute atomic E-state index is 0.211. The molecule has 0 bridgehead atoms. The molecular formula is C25H40O8. The Morgan fingerprint density at radius 1 is 1.09 bits per heavy atom. The van der Waals surface area contributed by atoms with Crippen LogP contribution in [-0.2, 0) is 33.3 Å². The predicted octanol–water partition coefficient (Wildman–Crippen LogP) is 4.00. The molecule has 0 aromatic heterocycles. The summed E-state index contributed by atoms with van der Waals surface area (Å²) in [6.07, 6.45) is 11.2. The van der Waals surface area contributed by atoms with Crippen molar-refractivity contribution in [2.75, 3.05) is 7.11 Å². The number of carbonyl (C=O) groups excluding carboxylic acids is 3. The number of hydrogen-bond donors (Lipinski definition) is 1. The summed E-state index contributed by atoms with van der Waals surface area (Å²) in [5.74, 6) is -1.35. The number of rotatable bonds is 14. The molecule has 1 unspecified atom stereocenters. The van der Waals surface area contributed by atoms with Crippen molar-refractivity contribution in [2.24, 2.45) is 5.92 Å². The molecule has 188 valence electrons. The number of ether oxygens (including phenoxy) is 4. The first-order valence-electron chi connectivity index (χ1n) is 11.8. The molecule has 0 amide bonds. The number of hydrogen-bond acceptors (Lipinski definition) is 8. The Morgan fingerprint density at radius 2 is 1.82 bits per heavy atom. The molecule has 1 fully saturated rings. The summed E-state index contributed by atoms with van der Waals surface area (Å²) < 4.78 is 21.4. The first-order chi connectivity index (χ1) is 15.8. The number of aliphatic hydroxyl groups is 1. The lowest BCUT2D eigenvalue weighted by molar-refractivity contribution is -0.226. The van der Waals surface area contributed by atoms with E-state index in [1.165, 1.54) is 21.0 Å². The van der Waals surface area contributed by atoms with E-state index in [2.05, 4.69) is 11.7 Å². The second-order valence-electron chi connectivity index (χ2n) is 8.31. The number of allylic oxidation sites excluding steroid dienone is 2. The highest BCUT2D eigenvalue weighted by Crippen LogP contribution is 2.32. The van der Waals surface area contributed by atoms with Crippen LogP contribution >= 0.6 is 0 Å². The molecule has 33 heavy (non-hydrogen) atoms. The van der Waals surface area contributed by atoms with E-state index in [-0.39, 0.29) is 18.3 Å². The first-order valence-corrected chi connectivity index (χ1v) is 11.8. The van der Waals surface area contributed by atoms with Crippen LogP contribution in [0, 0.1) is 5.92 Å². The van der Waals surface area contributed by atoms with E-state index in [0.29, 0.717) is 32.1 Å². The van der Waals surface area contributed by atoms with Gasteiger partial charge in [0, 0.05) is 32.6 Å². The van der Waals surface area contributed by atoms with E-state index in [0.717, 1.165) is 19.3 Å². The molecule has 1 rings (SSSR count). The highest BCUT2D eigenvalue weighted by Gasteiger charge is 2.40. The fraction of sp³-hybridized carbons (Fsp3) is 0.720. The zero-order valence-corrected chi connectivity index (χ0v) is 20.4. The standard InChI is InChI=1S/C25H40O8/c1-5-6-9-12-20(28)15-16-22-21(13-10-7-8-11-14-24(29)30-4)23(31-18(2)26)17-25(33-22)32-19(3)27/h7,10,15-16,20-23,25,28H,5-6,8-9,11-14,17H2,1-4H3/b10-7+,16-15?/t20-,21+,22+,23-,25?/m0/s1. The molecule has 1 N–H and O–H groups in total. The molecule has 0 aromatic carbocycles. The van der Waals surface area contributed by atoms with Crippen LogP contribution in [0.2, 0.25) is 0 Å². The van der Waals surface area contributed by atoms with Crippen LogP contribution in [-0.4, -0.2) is 54.7 Å². The van der Waals surface area contributed by atoms with Crippen LogP contribution in [0.15, 0.2) is 24.3 Å². The average molecular weight is 469 g/mol. The van der Waals surface area contributed by atoms with Gasteiger partial charge in [-0.2, -0.15) is 0 Å². The van der Waals surface area contributed by atoms with Gasteiger partial charge < -0.3 is 24.1 Å². The van der Waals surface area contributed by atoms with Gasteiger partial charge in [0.25, 0.3) is 0 Å². The Balaban J connectivity index is 2.89. The van der Waals surface area contributed by atoms with Gasteiger partial charge in [0.1, 0.15) is 6.10 Å². The summed E-state index contributed by atoms with van der Waals surface area (Å²) in [5, 5.41) is 10.3. The van der Waals surface area contributed by atoms with Crippen LogP contribution in [0.5, 0.6) is 0 Å². The first kappa shape index (κ1) is 28.8. The van der Waals surface area contributed by atoms with Crippen molar-refractivity contribution >= 4 is 17.9 Å². The molecule has 8 nitrogen and oxygen atoms in total. The van der Waals surface area contributed by atoms with E-state index >= 15 is 0 Å². The molecule has 8 heteroatoms. The van der Waals surface area contributed by atoms with Crippen LogP contribution in [0.25, 0.3) is 0 Å². The lowest BCUT2D eigenvalue weighted by atomic mass is 9.86. The maximum atomic E-state index is 11.7. The SMILES string of the molecule is CCCCC[C@H](O)C=C[C@H]1OC(OC(C)=O)C[C@H](OC(C)=O)[C@@H]1C/C=C/CCCC(=O)OC. The maximum absolute atomic E-state index is 11.7. The molecular weight excluding hydrogens is 428 g/mol. The fourth-order valence-corrected chi connectivity index (χ4v) is 3.77. The molecule has 1 heterocycles. The molecule has 0 aromatic rings. The molecule has 1 aliphatic rings. The monoisotopic (exact) mass is 468 g/mol. The number of aliphatic hydroxyl groups excluding tert-OH is 1. The Kier molecular flexibility index (Phi) is 14.4. The number of esters is 3. The van der Waals surface area contributed by atoms with E-state index in [4.69, 9.17) is 14.2 Å². The van der Waals surface area contributed by atoms with Crippen LogP contribution < -0.4 is 0 Å². The van der Waals surface area contributed by atoms with Crippen molar-refractivity contribution in [3.05, 3.63) is 24.3 Å². The van der Waals surface area contributed by atoms with Crippen molar-refractivity contribution in [3.8, 4) is 0 Å². The van der Waals surface area contributed by atoms with Gasteiger partial charge in [-0.05, 0) is 25.7 Å². The largest absolute Gasteiger partial charge is 0.469 e. The van der Waals surface area contributed by atoms with Crippen molar-refractivity contribution in [1.82, 2.24) is 0 Å². The second-order valence-corrected chi connectivity index (χ2v) is 8.31. The quantitative estimate of drug-likeness (QED) is 0.176. The van der Waals surface area contributed by atoms with Gasteiger partial charge in [-0.1, -0.05) is 50.5 Å². The number of methoxy groups -OCH3 is 1. The van der Waals surface area contributed by atoms with E-state index in [1.807, 2.05) is 12.2 Å². The van der Waals surface area contributed by atoms with E-state index in [9.17, 15) is 19.5 Å². The van der Waals surface area contributed by atoms with E-state index in [1.54, 1.807) is 12.2 Å². The highest BCUT2D eigenvalue weighted by atomic mass is 16.7. The molecule has 0 spiro atoms. The summed E-state index contributed by atoms with van der Waals surface area (Å²) in [4.78, 5) is 34.4. The second kappa shape index (κ2) is 16.4. The predicted molar refractivity (Wildman–Crippen MR) is 123 cm³/mol. The minimum atomic E-state index is -0.834. The zero-order valence-electron chi connectivity index (χ0n) is 20.4. The molecule has 0 saturated carbocycles. The average Bonchev–Trinajstić information content (AvgIpc) is 2.74. The van der Waals surface area contributed by atoms with Gasteiger partial charge in [-0.25, -0.2) is 0 Å². The maximum Gasteiger partial charge on any atom is 0.305 e. The van der Waals surface area contributed by atoms with Gasteiger partial charge in [0.2, 0.25) is 6.29 Å². The van der Waals surface area contributed by atoms with Crippen molar-refractivity contribution < 1.29 is 38.4 Å². The van der Waals surface area contributed by atoms with Crippen LogP contribution in [0.3, 0.4) is 0 Å². The Labute approximate surface area is 197 Å². The third kappa shape index (κ3) is 12.6. The highest BCUT2D eigenvalue weighted by molar-refractivity contribution is 5.69. The molecule has 1 saturated heterocycles. The number of unbranched alkanes of at least 4 members (excludes halogenated alkanes) is 3. The lowest BCUT2D eigenvalue weighted by Gasteiger charge is -2.39. The lowest BCUT2D eigenvalue weighted by Crippen LogP contribution is -2.46. The number of carbonyl (C=O) groups is 3. The smallest absolute Gasteiger partial charge is 0.305 e. The van der Waals surface area contributed by atoms with Crippen molar-refractivity contribution in [3.63, 3.8) is 0 Å². The van der Waals surface area contributed by atoms with Crippen LogP contribution in [0.4, 0.5) is 0 Å². The van der Waals surface area contributed by atoms with Gasteiger partial charge in [0.15, 0.2) is 0 Å². The van der Waals surface area contributed by atoms with Gasteiger partial charge >= 0.3 is 17.9 Å². The Morgan fingerprint density at radius 3 is 2.45 bits per heavy atom. The van der Waals surface area contributed by atoms with Crippen molar-refractivity contribution in [2.45, 2.75) is 103 Å². The van der Waals surface area contributed by atoms with Gasteiger partial charge in [-0.15, -0.1) is 0 Å². The minimum Gasteiger partial charge on any atom is -0.469 e. The zero-order chi connectivity index (χ0) is 24.6. The summed E-state index contributed by atoms with van der Waals surface area (Å²) in [5.41, 5.74) is 0. The summed E-state index contributed by atoms with van der Waals surface area (Å²) in [6.45, 7) is 4.75. The van der Waals surface area contributed by atoms with E-state index < -0.39 is 36.5 Å². The summed E-state index contributed by atoms with van der Waals surface area (Å²) in [7, 11) is 1.37. The molecule has 0 aliphatic carbocycles. The Bertz CT molecular complexity index is 657. The molecule has 5 atom stereocenters. The summed E-state index contributed by atoms with van der Waals surface area (Å²) >= 11 is 0. The van der Waals surface area contributed by atoms with Crippen molar-refractivity contribution in [1.29, 1.82) is 0 Å². The third-order valence-electron chi connectivity index (χ3n) is 5.43. The normalized spacial score (nSPS) is 24.0. The Hall–Kier alpha value is -2.19. The van der Waals surface area contributed by atoms with Gasteiger partial charge in [-0.3, -0.25) is 14.4 Å². The molecule has 1 aliphatic heterocycles. The van der Waals surface area contributed by atoms with Gasteiger partial charge in [0.05, 0.1) is 19.3 Å². The molecule has 0 radical (unpaired) electrons. The van der Waals surface area contributed by atoms with Crippen LogP contribution in [0.1, 0.15) is 78.6 Å². The topological polar surface area (TPSA) is 108 Å².